The van der Waals surface area contributed by atoms with Crippen molar-refractivity contribution in [2.45, 2.75) is 32.4 Å². The van der Waals surface area contributed by atoms with E-state index in [4.69, 9.17) is 14.6 Å². The SMILES string of the molecule is Cc1nn(-c2ccccc2)c(Oc2ccccc2)c1CN(C[C@H]1CCCO1)C(=O)c1ccccc1. The summed E-state index contributed by atoms with van der Waals surface area (Å²) < 4.78 is 14.1. The van der Waals surface area contributed by atoms with Crippen LogP contribution in [0.25, 0.3) is 5.69 Å². The lowest BCUT2D eigenvalue weighted by Crippen LogP contribution is -2.37. The van der Waals surface area contributed by atoms with Gasteiger partial charge in [-0.2, -0.15) is 5.10 Å². The fourth-order valence-electron chi connectivity index (χ4n) is 4.38. The molecule has 178 valence electrons. The van der Waals surface area contributed by atoms with Crippen molar-refractivity contribution in [2.24, 2.45) is 0 Å². The smallest absolute Gasteiger partial charge is 0.254 e. The molecule has 1 atom stereocenters. The third kappa shape index (κ3) is 5.28. The molecule has 1 amide bonds. The topological polar surface area (TPSA) is 56.6 Å². The average molecular weight is 468 g/mol. The fraction of sp³-hybridized carbons (Fsp3) is 0.241. The second kappa shape index (κ2) is 10.6. The Labute approximate surface area is 205 Å². The van der Waals surface area contributed by atoms with Gasteiger partial charge in [-0.15, -0.1) is 0 Å². The van der Waals surface area contributed by atoms with E-state index in [-0.39, 0.29) is 12.0 Å². The standard InChI is InChI=1S/C29H29N3O3/c1-22-27(21-31(20-26-18-11-19-34-26)28(33)23-12-5-2-6-13-23)29(35-25-16-9-4-10-17-25)32(30-22)24-14-7-3-8-15-24/h2-10,12-17,26H,11,18-21H2,1H3/t26-/m1/s1. The van der Waals surface area contributed by atoms with Crippen LogP contribution in [0.3, 0.4) is 0 Å². The molecule has 2 heterocycles. The molecule has 0 N–H and O–H groups in total. The Bertz CT molecular complexity index is 1250. The van der Waals surface area contributed by atoms with Crippen molar-refractivity contribution in [1.29, 1.82) is 0 Å². The van der Waals surface area contributed by atoms with Crippen LogP contribution in [-0.4, -0.2) is 39.8 Å². The van der Waals surface area contributed by atoms with Crippen molar-refractivity contribution in [2.75, 3.05) is 13.2 Å². The third-order valence-electron chi connectivity index (χ3n) is 6.20. The molecule has 0 unspecified atom stereocenters. The maximum absolute atomic E-state index is 13.6. The summed E-state index contributed by atoms with van der Waals surface area (Å²) in [5, 5.41) is 4.82. The van der Waals surface area contributed by atoms with Gasteiger partial charge >= 0.3 is 0 Å². The Kier molecular flexibility index (Phi) is 6.91. The van der Waals surface area contributed by atoms with E-state index in [9.17, 15) is 4.79 Å². The monoisotopic (exact) mass is 467 g/mol. The van der Waals surface area contributed by atoms with Gasteiger partial charge in [0.2, 0.25) is 5.88 Å². The summed E-state index contributed by atoms with van der Waals surface area (Å²) >= 11 is 0. The molecule has 5 rings (SSSR count). The summed E-state index contributed by atoms with van der Waals surface area (Å²) in [7, 11) is 0. The van der Waals surface area contributed by atoms with Gasteiger partial charge in [-0.05, 0) is 56.2 Å². The molecule has 0 radical (unpaired) electrons. The van der Waals surface area contributed by atoms with E-state index < -0.39 is 0 Å². The molecular formula is C29H29N3O3. The highest BCUT2D eigenvalue weighted by Crippen LogP contribution is 2.32. The van der Waals surface area contributed by atoms with Gasteiger partial charge in [0.1, 0.15) is 5.75 Å². The average Bonchev–Trinajstić information content (AvgIpc) is 3.53. The van der Waals surface area contributed by atoms with Gasteiger partial charge in [0.25, 0.3) is 5.91 Å². The zero-order valence-electron chi connectivity index (χ0n) is 19.8. The summed E-state index contributed by atoms with van der Waals surface area (Å²) in [5.41, 5.74) is 3.25. The number of rotatable bonds is 8. The summed E-state index contributed by atoms with van der Waals surface area (Å²) in [6.45, 7) is 3.60. The Morgan fingerprint density at radius 2 is 1.66 bits per heavy atom. The first-order valence-electron chi connectivity index (χ1n) is 12.0. The first kappa shape index (κ1) is 22.9. The van der Waals surface area contributed by atoms with Gasteiger partial charge in [-0.25, -0.2) is 4.68 Å². The number of carbonyl (C=O) groups is 1. The highest BCUT2D eigenvalue weighted by Gasteiger charge is 2.27. The number of aromatic nitrogens is 2. The molecule has 35 heavy (non-hydrogen) atoms. The predicted octanol–water partition coefficient (Wildman–Crippen LogP) is 5.79. The molecule has 0 bridgehead atoms. The lowest BCUT2D eigenvalue weighted by molar-refractivity contribution is 0.0505. The molecule has 4 aromatic rings. The van der Waals surface area contributed by atoms with Crippen LogP contribution < -0.4 is 4.74 Å². The number of amides is 1. The van der Waals surface area contributed by atoms with Gasteiger partial charge in [-0.1, -0.05) is 54.6 Å². The number of ether oxygens (including phenoxy) is 2. The van der Waals surface area contributed by atoms with Gasteiger partial charge in [0, 0.05) is 18.7 Å². The summed E-state index contributed by atoms with van der Waals surface area (Å²) in [6, 6.07) is 29.0. The minimum Gasteiger partial charge on any atom is -0.439 e. The molecule has 1 aliphatic rings. The molecule has 6 nitrogen and oxygen atoms in total. The third-order valence-corrected chi connectivity index (χ3v) is 6.20. The van der Waals surface area contributed by atoms with E-state index in [1.165, 1.54) is 0 Å². The Hall–Kier alpha value is -3.90. The second-order valence-corrected chi connectivity index (χ2v) is 8.72. The molecule has 1 fully saturated rings. The molecule has 0 aliphatic carbocycles. The van der Waals surface area contributed by atoms with Crippen molar-refractivity contribution in [3.63, 3.8) is 0 Å². The van der Waals surface area contributed by atoms with Crippen molar-refractivity contribution in [3.8, 4) is 17.3 Å². The largest absolute Gasteiger partial charge is 0.439 e. The normalized spacial score (nSPS) is 15.2. The molecule has 0 saturated carbocycles. The van der Waals surface area contributed by atoms with Crippen molar-refractivity contribution in [3.05, 3.63) is 108 Å². The first-order valence-corrected chi connectivity index (χ1v) is 12.0. The van der Waals surface area contributed by atoms with Crippen LogP contribution in [0.1, 0.15) is 34.5 Å². The van der Waals surface area contributed by atoms with Crippen LogP contribution in [0.5, 0.6) is 11.6 Å². The highest BCUT2D eigenvalue weighted by molar-refractivity contribution is 5.94. The van der Waals surface area contributed by atoms with Gasteiger partial charge in [0.15, 0.2) is 0 Å². The van der Waals surface area contributed by atoms with Crippen molar-refractivity contribution < 1.29 is 14.3 Å². The first-order chi connectivity index (χ1) is 17.2. The van der Waals surface area contributed by atoms with E-state index in [2.05, 4.69) is 0 Å². The molecule has 0 spiro atoms. The van der Waals surface area contributed by atoms with Crippen LogP contribution >= 0.6 is 0 Å². The van der Waals surface area contributed by atoms with Crippen LogP contribution in [-0.2, 0) is 11.3 Å². The molecular weight excluding hydrogens is 438 g/mol. The van der Waals surface area contributed by atoms with E-state index >= 15 is 0 Å². The number of hydrogen-bond donors (Lipinski definition) is 0. The van der Waals surface area contributed by atoms with E-state index in [0.717, 1.165) is 36.4 Å². The zero-order valence-corrected chi connectivity index (χ0v) is 19.8. The van der Waals surface area contributed by atoms with Gasteiger partial charge < -0.3 is 14.4 Å². The molecule has 1 aliphatic heterocycles. The van der Waals surface area contributed by atoms with Crippen LogP contribution in [0.15, 0.2) is 91.0 Å². The minimum atomic E-state index is -0.0291. The molecule has 1 aromatic heterocycles. The summed E-state index contributed by atoms with van der Waals surface area (Å²) in [5.74, 6) is 1.29. The van der Waals surface area contributed by atoms with Crippen LogP contribution in [0.4, 0.5) is 0 Å². The highest BCUT2D eigenvalue weighted by atomic mass is 16.5. The van der Waals surface area contributed by atoms with E-state index in [1.54, 1.807) is 0 Å². The molecule has 6 heteroatoms. The van der Waals surface area contributed by atoms with Crippen LogP contribution in [0, 0.1) is 6.92 Å². The Morgan fingerprint density at radius 1 is 1.00 bits per heavy atom. The number of carbonyl (C=O) groups excluding carboxylic acids is 1. The lowest BCUT2D eigenvalue weighted by Gasteiger charge is -2.26. The molecule has 1 saturated heterocycles. The maximum atomic E-state index is 13.6. The number of benzene rings is 3. The van der Waals surface area contributed by atoms with E-state index in [0.29, 0.717) is 30.3 Å². The lowest BCUT2D eigenvalue weighted by atomic mass is 10.1. The maximum Gasteiger partial charge on any atom is 0.254 e. The summed E-state index contributed by atoms with van der Waals surface area (Å²) in [4.78, 5) is 15.5. The Morgan fingerprint density at radius 3 is 2.31 bits per heavy atom. The molecule has 3 aromatic carbocycles. The van der Waals surface area contributed by atoms with Crippen molar-refractivity contribution in [1.82, 2.24) is 14.7 Å². The number of hydrogen-bond acceptors (Lipinski definition) is 4. The quantitative estimate of drug-likeness (QED) is 0.329. The van der Waals surface area contributed by atoms with Gasteiger partial charge in [-0.3, -0.25) is 4.79 Å². The predicted molar refractivity (Wildman–Crippen MR) is 135 cm³/mol. The number of para-hydroxylation sites is 2. The number of aryl methyl sites for hydroxylation is 1. The fourth-order valence-corrected chi connectivity index (χ4v) is 4.38. The minimum absolute atomic E-state index is 0.0291. The van der Waals surface area contributed by atoms with E-state index in [1.807, 2.05) is 108 Å². The Balaban J connectivity index is 1.54. The zero-order chi connectivity index (χ0) is 24.0. The van der Waals surface area contributed by atoms with Gasteiger partial charge in [0.05, 0.1) is 29.6 Å². The second-order valence-electron chi connectivity index (χ2n) is 8.72. The summed E-state index contributed by atoms with van der Waals surface area (Å²) in [6.07, 6.45) is 2.00. The number of nitrogens with zero attached hydrogens (tertiary/aromatic N) is 3. The van der Waals surface area contributed by atoms with Crippen molar-refractivity contribution >= 4 is 5.91 Å². The van der Waals surface area contributed by atoms with Crippen LogP contribution in [0.2, 0.25) is 0 Å².